The first-order valence-electron chi connectivity index (χ1n) is 14.2. The molecule has 5 atom stereocenters. The van der Waals surface area contributed by atoms with Crippen molar-refractivity contribution in [2.45, 2.75) is 69.0 Å². The summed E-state index contributed by atoms with van der Waals surface area (Å²) in [6.45, 7) is 8.22. The molecule has 1 aromatic heterocycles. The van der Waals surface area contributed by atoms with Gasteiger partial charge in [0.1, 0.15) is 5.60 Å². The molecule has 0 aliphatic carbocycles. The summed E-state index contributed by atoms with van der Waals surface area (Å²) in [5.74, 6) is -0.933. The highest BCUT2D eigenvalue weighted by atomic mass is 32.2. The van der Waals surface area contributed by atoms with E-state index in [9.17, 15) is 18.3 Å². The predicted octanol–water partition coefficient (Wildman–Crippen LogP) is 4.18. The van der Waals surface area contributed by atoms with Crippen molar-refractivity contribution in [1.82, 2.24) is 14.6 Å². The van der Waals surface area contributed by atoms with E-state index in [1.165, 1.54) is 15.6 Å². The van der Waals surface area contributed by atoms with Gasteiger partial charge in [0.25, 0.3) is 0 Å². The number of nitrogens with one attached hydrogen (secondary N) is 1. The number of hydrogen-bond acceptors (Lipinski definition) is 9. The van der Waals surface area contributed by atoms with E-state index in [-0.39, 0.29) is 42.8 Å². The molecule has 0 saturated carbocycles. The van der Waals surface area contributed by atoms with E-state index in [2.05, 4.69) is 10.3 Å². The Kier molecular flexibility index (Phi) is 8.94. The fraction of sp³-hybridized carbons (Fsp3) is 0.533. The van der Waals surface area contributed by atoms with E-state index in [4.69, 9.17) is 14.2 Å². The molecular formula is C30H39N3O7S2. The summed E-state index contributed by atoms with van der Waals surface area (Å²) in [7, 11) is -3.96. The highest BCUT2D eigenvalue weighted by Gasteiger charge is 2.59. The lowest BCUT2D eigenvalue weighted by Crippen LogP contribution is -2.53. The fourth-order valence-electron chi connectivity index (χ4n) is 5.93. The molecule has 3 aromatic rings. The number of ether oxygens (including phenoxy) is 3. The molecule has 0 bridgehead atoms. The van der Waals surface area contributed by atoms with Crippen LogP contribution in [0.2, 0.25) is 0 Å². The average Bonchev–Trinajstić information content (AvgIpc) is 3.63. The zero-order valence-electron chi connectivity index (χ0n) is 24.4. The molecule has 0 spiro atoms. The van der Waals surface area contributed by atoms with Crippen molar-refractivity contribution >= 4 is 37.7 Å². The lowest BCUT2D eigenvalue weighted by atomic mass is 9.85. The second kappa shape index (κ2) is 12.2. The molecule has 1 amide bonds. The van der Waals surface area contributed by atoms with Gasteiger partial charge in [-0.25, -0.2) is 18.2 Å². The molecule has 2 saturated heterocycles. The van der Waals surface area contributed by atoms with E-state index in [1.54, 1.807) is 23.7 Å². The van der Waals surface area contributed by atoms with E-state index >= 15 is 0 Å². The summed E-state index contributed by atoms with van der Waals surface area (Å²) in [6, 6.07) is 13.4. The summed E-state index contributed by atoms with van der Waals surface area (Å²) < 4.78 is 47.3. The first kappa shape index (κ1) is 30.8. The summed E-state index contributed by atoms with van der Waals surface area (Å²) in [5, 5.41) is 14.4. The zero-order valence-corrected chi connectivity index (χ0v) is 26.0. The fourth-order valence-corrected chi connectivity index (χ4v) is 8.37. The summed E-state index contributed by atoms with van der Waals surface area (Å²) in [6.07, 6.45) is -0.958. The van der Waals surface area contributed by atoms with Crippen LogP contribution in [-0.2, 0) is 30.7 Å². The Hall–Kier alpha value is -2.61. The number of hydrogen-bond donors (Lipinski definition) is 2. The van der Waals surface area contributed by atoms with Crippen molar-refractivity contribution < 1.29 is 32.5 Å². The third-order valence-electron chi connectivity index (χ3n) is 8.10. The second-order valence-electron chi connectivity index (χ2n) is 11.9. The number of nitrogens with zero attached hydrogens (tertiary/aromatic N) is 2. The molecule has 12 heteroatoms. The summed E-state index contributed by atoms with van der Waals surface area (Å²) >= 11 is 1.37. The van der Waals surface area contributed by atoms with Crippen molar-refractivity contribution in [3.8, 4) is 0 Å². The first-order valence-corrected chi connectivity index (χ1v) is 16.5. The molecule has 2 N–H and O–H groups in total. The van der Waals surface area contributed by atoms with Crippen molar-refractivity contribution in [3.05, 3.63) is 59.6 Å². The molecule has 5 rings (SSSR count). The molecule has 10 nitrogen and oxygen atoms in total. The van der Waals surface area contributed by atoms with Crippen LogP contribution in [0.1, 0.15) is 39.7 Å². The average molecular weight is 618 g/mol. The maximum atomic E-state index is 13.8. The van der Waals surface area contributed by atoms with Gasteiger partial charge < -0.3 is 24.6 Å². The van der Waals surface area contributed by atoms with Crippen LogP contribution in [0.5, 0.6) is 0 Å². The van der Waals surface area contributed by atoms with Gasteiger partial charge in [0.05, 0.1) is 51.9 Å². The highest BCUT2D eigenvalue weighted by Crippen LogP contribution is 2.48. The van der Waals surface area contributed by atoms with Gasteiger partial charge in [-0.15, -0.1) is 11.3 Å². The molecule has 0 radical (unpaired) electrons. The van der Waals surface area contributed by atoms with E-state index in [0.29, 0.717) is 13.0 Å². The number of fused-ring (bicyclic) bond motifs is 2. The Morgan fingerprint density at radius 2 is 1.95 bits per heavy atom. The maximum Gasteiger partial charge on any atom is 0.408 e. The zero-order chi connectivity index (χ0) is 30.1. The number of sulfonamides is 1. The van der Waals surface area contributed by atoms with Gasteiger partial charge in [-0.05, 0) is 56.4 Å². The number of aliphatic hydroxyl groups is 1. The topological polar surface area (TPSA) is 127 Å². The van der Waals surface area contributed by atoms with Crippen LogP contribution in [0.4, 0.5) is 4.79 Å². The van der Waals surface area contributed by atoms with E-state index < -0.39 is 39.7 Å². The third-order valence-corrected chi connectivity index (χ3v) is 10.7. The molecule has 2 fully saturated rings. The van der Waals surface area contributed by atoms with Gasteiger partial charge in [-0.2, -0.15) is 4.31 Å². The molecule has 2 aromatic carbocycles. The molecule has 3 heterocycles. The number of alkyl carbamates (subject to hydrolysis) is 1. The third kappa shape index (κ3) is 6.48. The molecule has 2 aliphatic rings. The SMILES string of the molecule is CC(C)CN(C[C@H](O)[C@H](Cc1ccccc1)NC(=O)O[C@@]1(C)COC2(C)OCC[C@H]21)S(=O)(=O)c1ccc2ncsc2c1. The van der Waals surface area contributed by atoms with Crippen LogP contribution in [0.3, 0.4) is 0 Å². The van der Waals surface area contributed by atoms with Crippen LogP contribution in [0, 0.1) is 11.8 Å². The standard InChI is InChI=1S/C30H39N3O7S2/c1-20(2)16-33(42(36,37)22-10-11-23-26(15-22)41-19-31-23)17-25(34)24(14-21-8-6-5-7-9-21)32-28(35)40-29(3)18-39-30(4)27(29)12-13-38-30/h5-11,15,19-20,24-25,27,34H,12-14,16-18H2,1-4H3,(H,32,35)/t24-,25-,27-,29-,30?/m0/s1. The van der Waals surface area contributed by atoms with Crippen LogP contribution in [0.15, 0.2) is 58.9 Å². The van der Waals surface area contributed by atoms with Crippen molar-refractivity contribution in [1.29, 1.82) is 0 Å². The van der Waals surface area contributed by atoms with Gasteiger partial charge >= 0.3 is 6.09 Å². The number of thiazole rings is 1. The molecule has 228 valence electrons. The van der Waals surface area contributed by atoms with Crippen molar-refractivity contribution in [2.75, 3.05) is 26.3 Å². The van der Waals surface area contributed by atoms with Gasteiger partial charge in [-0.3, -0.25) is 0 Å². The number of carbonyl (C=O) groups is 1. The number of aliphatic hydroxyl groups excluding tert-OH is 1. The van der Waals surface area contributed by atoms with E-state index in [0.717, 1.165) is 15.8 Å². The van der Waals surface area contributed by atoms with Gasteiger partial charge in [-0.1, -0.05) is 44.2 Å². The van der Waals surface area contributed by atoms with Gasteiger partial charge in [0.2, 0.25) is 10.0 Å². The lowest BCUT2D eigenvalue weighted by Gasteiger charge is -2.33. The van der Waals surface area contributed by atoms with Crippen LogP contribution >= 0.6 is 11.3 Å². The molecular weight excluding hydrogens is 578 g/mol. The number of rotatable bonds is 11. The number of amides is 1. The summed E-state index contributed by atoms with van der Waals surface area (Å²) in [4.78, 5) is 17.7. The second-order valence-corrected chi connectivity index (χ2v) is 14.7. The molecule has 1 unspecified atom stereocenters. The van der Waals surface area contributed by atoms with Crippen LogP contribution in [-0.4, -0.2) is 78.7 Å². The number of carbonyl (C=O) groups excluding carboxylic acids is 1. The van der Waals surface area contributed by atoms with Crippen molar-refractivity contribution in [2.24, 2.45) is 11.8 Å². The molecule has 42 heavy (non-hydrogen) atoms. The van der Waals surface area contributed by atoms with Gasteiger partial charge in [0.15, 0.2) is 5.79 Å². The monoisotopic (exact) mass is 617 g/mol. The van der Waals surface area contributed by atoms with Crippen LogP contribution < -0.4 is 5.32 Å². The van der Waals surface area contributed by atoms with Gasteiger partial charge in [0, 0.05) is 13.1 Å². The maximum absolute atomic E-state index is 13.8. The lowest BCUT2D eigenvalue weighted by molar-refractivity contribution is -0.181. The highest BCUT2D eigenvalue weighted by molar-refractivity contribution is 7.89. The van der Waals surface area contributed by atoms with Crippen LogP contribution in [0.25, 0.3) is 10.2 Å². The van der Waals surface area contributed by atoms with E-state index in [1.807, 2.05) is 58.0 Å². The smallest absolute Gasteiger partial charge is 0.408 e. The first-order chi connectivity index (χ1) is 19.9. The summed E-state index contributed by atoms with van der Waals surface area (Å²) in [5.41, 5.74) is 2.38. The quantitative estimate of drug-likeness (QED) is 0.328. The Morgan fingerprint density at radius 1 is 1.19 bits per heavy atom. The molecule has 2 aliphatic heterocycles. The predicted molar refractivity (Wildman–Crippen MR) is 160 cm³/mol. The minimum atomic E-state index is -3.96. The minimum Gasteiger partial charge on any atom is -0.440 e. The Labute approximate surface area is 251 Å². The largest absolute Gasteiger partial charge is 0.440 e. The van der Waals surface area contributed by atoms with Crippen molar-refractivity contribution in [3.63, 3.8) is 0 Å². The number of aromatic nitrogens is 1. The number of benzene rings is 2. The Balaban J connectivity index is 1.36. The Bertz CT molecular complexity index is 1500. The normalized spacial score (nSPS) is 25.5. The minimum absolute atomic E-state index is 0.00475. The Morgan fingerprint density at radius 3 is 2.69 bits per heavy atom.